The van der Waals surface area contributed by atoms with Gasteiger partial charge in [0.1, 0.15) is 5.82 Å². The summed E-state index contributed by atoms with van der Waals surface area (Å²) in [6.45, 7) is 1.96. The van der Waals surface area contributed by atoms with Crippen LogP contribution < -0.4 is 9.62 Å². The molecule has 186 valence electrons. The van der Waals surface area contributed by atoms with E-state index in [-0.39, 0.29) is 17.8 Å². The molecule has 7 nitrogen and oxygen atoms in total. The van der Waals surface area contributed by atoms with Crippen molar-refractivity contribution in [3.8, 4) is 5.69 Å². The number of halogens is 1. The lowest BCUT2D eigenvalue weighted by molar-refractivity contribution is -0.120. The van der Waals surface area contributed by atoms with Gasteiger partial charge in [-0.1, -0.05) is 37.3 Å². The van der Waals surface area contributed by atoms with E-state index < -0.39 is 22.0 Å². The molecule has 3 atom stereocenters. The lowest BCUT2D eigenvalue weighted by atomic mass is 9.91. The lowest BCUT2D eigenvalue weighted by Gasteiger charge is -2.27. The third-order valence-electron chi connectivity index (χ3n) is 6.70. The zero-order chi connectivity index (χ0) is 25.4. The van der Waals surface area contributed by atoms with Gasteiger partial charge in [-0.15, -0.1) is 0 Å². The van der Waals surface area contributed by atoms with Gasteiger partial charge < -0.3 is 4.90 Å². The largest absolute Gasteiger partial charge is 0.307 e. The normalized spacial score (nSPS) is 20.4. The van der Waals surface area contributed by atoms with Crippen LogP contribution in [0.5, 0.6) is 0 Å². The van der Waals surface area contributed by atoms with Gasteiger partial charge >= 0.3 is 0 Å². The van der Waals surface area contributed by atoms with Crippen molar-refractivity contribution in [3.05, 3.63) is 90.4 Å². The van der Waals surface area contributed by atoms with Crippen LogP contribution in [0.1, 0.15) is 18.9 Å². The van der Waals surface area contributed by atoms with Crippen LogP contribution in [0.15, 0.2) is 79.0 Å². The number of rotatable bonds is 7. The molecule has 0 aliphatic carbocycles. The predicted molar refractivity (Wildman–Crippen MR) is 138 cm³/mol. The molecule has 0 saturated carbocycles. The van der Waals surface area contributed by atoms with Crippen molar-refractivity contribution in [2.45, 2.75) is 31.8 Å². The minimum absolute atomic E-state index is 0.114. The Hall–Kier alpha value is -3.56. The Morgan fingerprint density at radius 1 is 1.00 bits per heavy atom. The first-order valence-corrected chi connectivity index (χ1v) is 13.7. The fourth-order valence-corrected chi connectivity index (χ4v) is 5.94. The first-order chi connectivity index (χ1) is 17.2. The fraction of sp³-hybridized carbons (Fsp3) is 0.259. The maximum absolute atomic E-state index is 13.8. The van der Waals surface area contributed by atoms with Crippen LogP contribution in [-0.2, 0) is 21.2 Å². The van der Waals surface area contributed by atoms with Crippen molar-refractivity contribution in [2.75, 3.05) is 11.2 Å². The van der Waals surface area contributed by atoms with Crippen LogP contribution in [0.2, 0.25) is 0 Å². The molecule has 1 saturated heterocycles. The topological polar surface area (TPSA) is 84.3 Å². The Bertz CT molecular complexity index is 1500. The summed E-state index contributed by atoms with van der Waals surface area (Å²) in [6.07, 6.45) is 3.85. The molecule has 1 amide bonds. The second-order valence-corrected chi connectivity index (χ2v) is 11.0. The van der Waals surface area contributed by atoms with Crippen LogP contribution in [0, 0.1) is 11.7 Å². The smallest absolute Gasteiger partial charge is 0.232 e. The van der Waals surface area contributed by atoms with Gasteiger partial charge in [-0.3, -0.25) is 4.79 Å². The second-order valence-electron chi connectivity index (χ2n) is 9.17. The van der Waals surface area contributed by atoms with Crippen molar-refractivity contribution in [3.63, 3.8) is 0 Å². The average Bonchev–Trinajstić information content (AvgIpc) is 3.38. The molecule has 1 aliphatic rings. The summed E-state index contributed by atoms with van der Waals surface area (Å²) in [5.41, 5.74) is 3.21. The molecule has 3 aromatic carbocycles. The quantitative estimate of drug-likeness (QED) is 0.410. The molecular formula is C27H27FN4O3S. The molecular weight excluding hydrogens is 479 g/mol. The number of hydrogen-bond acceptors (Lipinski definition) is 4. The first kappa shape index (κ1) is 24.1. The highest BCUT2D eigenvalue weighted by Gasteiger charge is 2.48. The van der Waals surface area contributed by atoms with E-state index in [0.717, 1.165) is 28.4 Å². The number of hydrogen-bond donors (Lipinski definition) is 1. The zero-order valence-electron chi connectivity index (χ0n) is 20.0. The molecule has 2 heterocycles. The Kier molecular flexibility index (Phi) is 6.36. The van der Waals surface area contributed by atoms with E-state index in [1.807, 2.05) is 55.5 Å². The van der Waals surface area contributed by atoms with E-state index >= 15 is 0 Å². The third kappa shape index (κ3) is 4.64. The fourth-order valence-electron chi connectivity index (χ4n) is 5.13. The van der Waals surface area contributed by atoms with Gasteiger partial charge in [-0.25, -0.2) is 22.2 Å². The number of anilines is 1. The van der Waals surface area contributed by atoms with Gasteiger partial charge in [0.25, 0.3) is 0 Å². The zero-order valence-corrected chi connectivity index (χ0v) is 20.8. The summed E-state index contributed by atoms with van der Waals surface area (Å²) in [5, 5.41) is 5.27. The van der Waals surface area contributed by atoms with Crippen LogP contribution in [-0.4, -0.2) is 42.4 Å². The number of carbonyl (C=O) groups excluding carboxylic acids is 1. The van der Waals surface area contributed by atoms with E-state index in [9.17, 15) is 17.6 Å². The molecule has 4 aromatic rings. The van der Waals surface area contributed by atoms with Gasteiger partial charge in [0.15, 0.2) is 0 Å². The SMILES string of the molecule is CCC1C(NS(C)(=O)=O)C(Cc2ccccc2)C(=O)N1c1ccc2c(cnn2-c2ccc(F)cc2)c1. The Morgan fingerprint density at radius 2 is 1.69 bits per heavy atom. The van der Waals surface area contributed by atoms with Crippen LogP contribution in [0.3, 0.4) is 0 Å². The van der Waals surface area contributed by atoms with E-state index in [4.69, 9.17) is 0 Å². The monoisotopic (exact) mass is 506 g/mol. The molecule has 0 spiro atoms. The molecule has 0 bridgehead atoms. The predicted octanol–water partition coefficient (Wildman–Crippen LogP) is 4.07. The van der Waals surface area contributed by atoms with Crippen molar-refractivity contribution in [1.82, 2.24) is 14.5 Å². The van der Waals surface area contributed by atoms with Gasteiger partial charge in [0, 0.05) is 11.1 Å². The highest BCUT2D eigenvalue weighted by Crippen LogP contribution is 2.36. The third-order valence-corrected chi connectivity index (χ3v) is 7.40. The number of sulfonamides is 1. The standard InChI is InChI=1S/C27H27FN4O3S/c1-3-24-26(30-36(2,34)35)23(15-18-7-5-4-6-8-18)27(33)31(24)22-13-14-25-19(16-22)17-29-32(25)21-11-9-20(28)10-12-21/h4-14,16-17,23-24,26,30H,3,15H2,1-2H3. The molecule has 9 heteroatoms. The summed E-state index contributed by atoms with van der Waals surface area (Å²) in [6, 6.07) is 20.4. The highest BCUT2D eigenvalue weighted by atomic mass is 32.2. The van der Waals surface area contributed by atoms with Gasteiger partial charge in [0.05, 0.1) is 41.7 Å². The van der Waals surface area contributed by atoms with Crippen molar-refractivity contribution < 1.29 is 17.6 Å². The molecule has 36 heavy (non-hydrogen) atoms. The van der Waals surface area contributed by atoms with Crippen molar-refractivity contribution in [2.24, 2.45) is 5.92 Å². The summed E-state index contributed by atoms with van der Waals surface area (Å²) in [4.78, 5) is 15.5. The minimum atomic E-state index is -3.54. The second kappa shape index (κ2) is 9.48. The van der Waals surface area contributed by atoms with Gasteiger partial charge in [-0.2, -0.15) is 5.10 Å². The van der Waals surface area contributed by atoms with Gasteiger partial charge in [-0.05, 0) is 60.9 Å². The van der Waals surface area contributed by atoms with Crippen LogP contribution in [0.4, 0.5) is 10.1 Å². The first-order valence-electron chi connectivity index (χ1n) is 11.8. The molecule has 0 radical (unpaired) electrons. The molecule has 3 unspecified atom stereocenters. The van der Waals surface area contributed by atoms with Crippen molar-refractivity contribution in [1.29, 1.82) is 0 Å². The summed E-state index contributed by atoms with van der Waals surface area (Å²) < 4.78 is 42.3. The Morgan fingerprint density at radius 3 is 2.36 bits per heavy atom. The number of fused-ring (bicyclic) bond motifs is 1. The molecule has 1 fully saturated rings. The van der Waals surface area contributed by atoms with Crippen LogP contribution in [0.25, 0.3) is 16.6 Å². The van der Waals surface area contributed by atoms with Gasteiger partial charge in [0.2, 0.25) is 15.9 Å². The Labute approximate surface area is 209 Å². The number of nitrogens with one attached hydrogen (secondary N) is 1. The highest BCUT2D eigenvalue weighted by molar-refractivity contribution is 7.88. The molecule has 1 aromatic heterocycles. The maximum atomic E-state index is 13.8. The number of amides is 1. The average molecular weight is 507 g/mol. The summed E-state index contributed by atoms with van der Waals surface area (Å²) in [5.74, 6) is -0.972. The molecule has 1 aliphatic heterocycles. The number of nitrogens with zero attached hydrogens (tertiary/aromatic N) is 3. The van der Waals surface area contributed by atoms with E-state index in [1.165, 1.54) is 12.1 Å². The number of benzene rings is 3. The summed E-state index contributed by atoms with van der Waals surface area (Å²) >= 11 is 0. The Balaban J connectivity index is 1.53. The molecule has 1 N–H and O–H groups in total. The lowest BCUT2D eigenvalue weighted by Crippen LogP contribution is -2.46. The summed E-state index contributed by atoms with van der Waals surface area (Å²) in [7, 11) is -3.54. The van der Waals surface area contributed by atoms with Crippen LogP contribution >= 0.6 is 0 Å². The number of aromatic nitrogens is 2. The van der Waals surface area contributed by atoms with Crippen molar-refractivity contribution >= 4 is 32.5 Å². The number of carbonyl (C=O) groups is 1. The molecule has 5 rings (SSSR count). The van der Waals surface area contributed by atoms with E-state index in [0.29, 0.717) is 18.5 Å². The maximum Gasteiger partial charge on any atom is 0.232 e. The van der Waals surface area contributed by atoms with E-state index in [1.54, 1.807) is 27.9 Å². The van der Waals surface area contributed by atoms with E-state index in [2.05, 4.69) is 9.82 Å². The minimum Gasteiger partial charge on any atom is -0.307 e.